The number of amides is 2. The molecule has 5 heteroatoms. The Kier molecular flexibility index (Phi) is 3.24. The van der Waals surface area contributed by atoms with Crippen molar-refractivity contribution in [3.8, 4) is 0 Å². The molecule has 0 unspecified atom stereocenters. The summed E-state index contributed by atoms with van der Waals surface area (Å²) in [6.07, 6.45) is 0. The summed E-state index contributed by atoms with van der Waals surface area (Å²) in [5.41, 5.74) is 6.79. The average molecular weight is 197 g/mol. The van der Waals surface area contributed by atoms with Gasteiger partial charge in [-0.25, -0.2) is 0 Å². The van der Waals surface area contributed by atoms with Crippen LogP contribution in [0.4, 0.5) is 0 Å². The zero-order valence-corrected chi connectivity index (χ0v) is 8.39. The Hall–Kier alpha value is -1.36. The lowest BCUT2D eigenvalue weighted by Crippen LogP contribution is -2.44. The molecule has 1 aliphatic heterocycles. The maximum Gasteiger partial charge on any atom is 0.247 e. The van der Waals surface area contributed by atoms with Gasteiger partial charge in [0.2, 0.25) is 11.8 Å². The molecular weight excluding hydrogens is 182 g/mol. The van der Waals surface area contributed by atoms with Crippen molar-refractivity contribution in [3.63, 3.8) is 0 Å². The lowest BCUT2D eigenvalue weighted by atomic mass is 10.0. The first-order valence-corrected chi connectivity index (χ1v) is 4.52. The van der Waals surface area contributed by atoms with Crippen LogP contribution in [0.25, 0.3) is 0 Å². The van der Waals surface area contributed by atoms with Gasteiger partial charge in [0, 0.05) is 18.7 Å². The molecule has 1 rings (SSSR count). The van der Waals surface area contributed by atoms with Crippen molar-refractivity contribution in [2.45, 2.75) is 19.9 Å². The lowest BCUT2D eigenvalue weighted by Gasteiger charge is -2.22. The Labute approximate surface area is 82.7 Å². The van der Waals surface area contributed by atoms with Crippen LogP contribution in [0, 0.1) is 0 Å². The van der Waals surface area contributed by atoms with Crippen LogP contribution in [-0.2, 0) is 9.59 Å². The zero-order chi connectivity index (χ0) is 10.7. The van der Waals surface area contributed by atoms with Gasteiger partial charge in [0.1, 0.15) is 6.04 Å². The van der Waals surface area contributed by atoms with Gasteiger partial charge < -0.3 is 16.4 Å². The van der Waals surface area contributed by atoms with Crippen molar-refractivity contribution in [1.82, 2.24) is 10.6 Å². The fraction of sp³-hybridized carbons (Fsp3) is 0.556. The predicted molar refractivity (Wildman–Crippen MR) is 52.4 cm³/mol. The van der Waals surface area contributed by atoms with Crippen LogP contribution in [0.15, 0.2) is 11.1 Å². The first-order chi connectivity index (χ1) is 6.52. The Bertz CT molecular complexity index is 290. The van der Waals surface area contributed by atoms with E-state index in [0.717, 1.165) is 18.7 Å². The molecule has 0 radical (unpaired) electrons. The topological polar surface area (TPSA) is 84.2 Å². The van der Waals surface area contributed by atoms with E-state index in [0.29, 0.717) is 5.57 Å². The monoisotopic (exact) mass is 197 g/mol. The predicted octanol–water partition coefficient (Wildman–Crippen LogP) is -1.10. The van der Waals surface area contributed by atoms with E-state index in [1.807, 2.05) is 0 Å². The zero-order valence-electron chi connectivity index (χ0n) is 8.39. The van der Waals surface area contributed by atoms with Crippen molar-refractivity contribution in [3.05, 3.63) is 11.1 Å². The number of carbonyl (C=O) groups excluding carboxylic acids is 2. The van der Waals surface area contributed by atoms with Crippen molar-refractivity contribution in [1.29, 1.82) is 0 Å². The van der Waals surface area contributed by atoms with E-state index in [1.165, 1.54) is 0 Å². The molecule has 2 amide bonds. The van der Waals surface area contributed by atoms with E-state index in [2.05, 4.69) is 10.6 Å². The third-order valence-corrected chi connectivity index (χ3v) is 2.32. The maximum absolute atomic E-state index is 11.5. The third kappa shape index (κ3) is 2.32. The molecule has 1 saturated heterocycles. The fourth-order valence-corrected chi connectivity index (χ4v) is 1.05. The molecule has 1 atom stereocenters. The molecule has 1 heterocycles. The smallest absolute Gasteiger partial charge is 0.247 e. The van der Waals surface area contributed by atoms with Gasteiger partial charge in [0.15, 0.2) is 0 Å². The second-order valence-electron chi connectivity index (χ2n) is 3.43. The quantitative estimate of drug-likeness (QED) is 0.502. The van der Waals surface area contributed by atoms with E-state index in [4.69, 9.17) is 5.73 Å². The van der Waals surface area contributed by atoms with Gasteiger partial charge in [-0.1, -0.05) is 0 Å². The highest BCUT2D eigenvalue weighted by atomic mass is 16.2. The van der Waals surface area contributed by atoms with Crippen LogP contribution in [0.1, 0.15) is 13.8 Å². The summed E-state index contributed by atoms with van der Waals surface area (Å²) in [7, 11) is 0. The number of primary amides is 1. The highest BCUT2D eigenvalue weighted by molar-refractivity contribution is 5.96. The minimum absolute atomic E-state index is 0.215. The van der Waals surface area contributed by atoms with E-state index >= 15 is 0 Å². The van der Waals surface area contributed by atoms with Gasteiger partial charge in [-0.2, -0.15) is 0 Å². The largest absolute Gasteiger partial charge is 0.368 e. The van der Waals surface area contributed by atoms with Gasteiger partial charge in [-0.3, -0.25) is 9.59 Å². The van der Waals surface area contributed by atoms with Gasteiger partial charge >= 0.3 is 0 Å². The van der Waals surface area contributed by atoms with Crippen LogP contribution in [0.5, 0.6) is 0 Å². The molecule has 78 valence electrons. The molecule has 0 aliphatic carbocycles. The van der Waals surface area contributed by atoms with Gasteiger partial charge in [-0.05, 0) is 19.4 Å². The Morgan fingerprint density at radius 1 is 1.50 bits per heavy atom. The molecule has 1 fully saturated rings. The van der Waals surface area contributed by atoms with E-state index in [-0.39, 0.29) is 5.91 Å². The number of nitrogens with one attached hydrogen (secondary N) is 2. The minimum atomic E-state index is -0.619. The minimum Gasteiger partial charge on any atom is -0.368 e. The number of rotatable bonds is 3. The number of hydrogen-bond acceptors (Lipinski definition) is 3. The van der Waals surface area contributed by atoms with Crippen LogP contribution >= 0.6 is 0 Å². The molecular formula is C9H15N3O2. The summed E-state index contributed by atoms with van der Waals surface area (Å²) < 4.78 is 0. The summed E-state index contributed by atoms with van der Waals surface area (Å²) in [5, 5.41) is 5.57. The first kappa shape index (κ1) is 10.7. The summed E-state index contributed by atoms with van der Waals surface area (Å²) in [5.74, 6) is -0.740. The van der Waals surface area contributed by atoms with Crippen LogP contribution in [0.2, 0.25) is 0 Å². The standard InChI is InChI=1S/C9H15N3O2/c1-5(7-3-11-4-7)9(14)12-6(2)8(10)13/h6,11H,3-4H2,1-2H3,(H2,10,13)(H,12,14)/t6-/m1/s1. The molecule has 14 heavy (non-hydrogen) atoms. The molecule has 1 aliphatic rings. The molecule has 0 aromatic heterocycles. The first-order valence-electron chi connectivity index (χ1n) is 4.52. The molecule has 4 N–H and O–H groups in total. The van der Waals surface area contributed by atoms with E-state index in [1.54, 1.807) is 13.8 Å². The average Bonchev–Trinajstić information content (AvgIpc) is 2.00. The number of carbonyl (C=O) groups is 2. The molecule has 0 saturated carbocycles. The van der Waals surface area contributed by atoms with E-state index < -0.39 is 11.9 Å². The maximum atomic E-state index is 11.5. The van der Waals surface area contributed by atoms with Crippen LogP contribution in [-0.4, -0.2) is 30.9 Å². The van der Waals surface area contributed by atoms with Gasteiger partial charge in [0.05, 0.1) is 0 Å². The SMILES string of the molecule is CC(C(=O)N[C@H](C)C(N)=O)=C1CNC1. The normalized spacial score (nSPS) is 16.9. The van der Waals surface area contributed by atoms with Crippen molar-refractivity contribution in [2.75, 3.05) is 13.1 Å². The Morgan fingerprint density at radius 2 is 2.07 bits per heavy atom. The lowest BCUT2D eigenvalue weighted by molar-refractivity contribution is -0.125. The molecule has 0 spiro atoms. The fourth-order valence-electron chi connectivity index (χ4n) is 1.05. The molecule has 0 aromatic carbocycles. The second-order valence-corrected chi connectivity index (χ2v) is 3.43. The second kappa shape index (κ2) is 4.23. The van der Waals surface area contributed by atoms with Gasteiger partial charge in [0.25, 0.3) is 0 Å². The molecule has 5 nitrogen and oxygen atoms in total. The Balaban J connectivity index is 2.54. The molecule has 0 aromatic rings. The van der Waals surface area contributed by atoms with E-state index in [9.17, 15) is 9.59 Å². The van der Waals surface area contributed by atoms with Crippen molar-refractivity contribution < 1.29 is 9.59 Å². The van der Waals surface area contributed by atoms with Crippen molar-refractivity contribution in [2.24, 2.45) is 5.73 Å². The summed E-state index contributed by atoms with van der Waals surface area (Å²) in [4.78, 5) is 22.2. The highest BCUT2D eigenvalue weighted by Crippen LogP contribution is 2.08. The summed E-state index contributed by atoms with van der Waals surface area (Å²) >= 11 is 0. The van der Waals surface area contributed by atoms with Gasteiger partial charge in [-0.15, -0.1) is 0 Å². The Morgan fingerprint density at radius 3 is 2.43 bits per heavy atom. The van der Waals surface area contributed by atoms with Crippen LogP contribution in [0.3, 0.4) is 0 Å². The number of hydrogen-bond donors (Lipinski definition) is 3. The van der Waals surface area contributed by atoms with Crippen molar-refractivity contribution >= 4 is 11.8 Å². The third-order valence-electron chi connectivity index (χ3n) is 2.32. The molecule has 0 bridgehead atoms. The number of nitrogens with two attached hydrogens (primary N) is 1. The summed E-state index contributed by atoms with van der Waals surface area (Å²) in [6, 6.07) is -0.619. The van der Waals surface area contributed by atoms with Crippen LogP contribution < -0.4 is 16.4 Å². The highest BCUT2D eigenvalue weighted by Gasteiger charge is 2.18. The summed E-state index contributed by atoms with van der Waals surface area (Å²) in [6.45, 7) is 4.82.